The second-order valence-corrected chi connectivity index (χ2v) is 6.51. The molecule has 0 fully saturated rings. The number of amides is 2. The molecule has 0 radical (unpaired) electrons. The number of hydrogen-bond donors (Lipinski definition) is 2. The highest BCUT2D eigenvalue weighted by Crippen LogP contribution is 2.36. The maximum Gasteiger partial charge on any atom is 0.338 e. The highest BCUT2D eigenvalue weighted by Gasteiger charge is 2.35. The van der Waals surface area contributed by atoms with Gasteiger partial charge in [-0.1, -0.05) is 43.3 Å². The highest BCUT2D eigenvalue weighted by atomic mass is 16.6. The molecule has 30 heavy (non-hydrogen) atoms. The Bertz CT molecular complexity index is 1000. The number of hydrogen-bond acceptors (Lipinski definition) is 6. The van der Waals surface area contributed by atoms with Crippen molar-refractivity contribution in [1.29, 1.82) is 0 Å². The Hall–Kier alpha value is -3.88. The Balaban J connectivity index is 2.15. The number of urea groups is 1. The van der Waals surface area contributed by atoms with Crippen LogP contribution in [-0.2, 0) is 9.53 Å². The Morgan fingerprint density at radius 1 is 1.20 bits per heavy atom. The average Bonchev–Trinajstić information content (AvgIpc) is 2.77. The summed E-state index contributed by atoms with van der Waals surface area (Å²) < 4.78 is 10.4. The molecule has 1 atom stereocenters. The molecule has 0 aromatic heterocycles. The van der Waals surface area contributed by atoms with Crippen molar-refractivity contribution >= 4 is 23.4 Å². The second-order valence-electron chi connectivity index (χ2n) is 6.51. The lowest BCUT2D eigenvalue weighted by molar-refractivity contribution is -0.385. The Labute approximate surface area is 172 Å². The molecule has 0 bridgehead atoms. The van der Waals surface area contributed by atoms with Crippen LogP contribution in [0.3, 0.4) is 0 Å². The molecule has 2 N–H and O–H groups in total. The Morgan fingerprint density at radius 2 is 1.93 bits per heavy atom. The summed E-state index contributed by atoms with van der Waals surface area (Å²) in [5, 5.41) is 16.9. The number of carbonyl (C=O) groups is 2. The maximum atomic E-state index is 12.6. The van der Waals surface area contributed by atoms with Gasteiger partial charge in [-0.15, -0.1) is 0 Å². The monoisotopic (exact) mass is 411 g/mol. The van der Waals surface area contributed by atoms with Gasteiger partial charge in [0.05, 0.1) is 36.0 Å². The fraction of sp³-hybridized carbons (Fsp3) is 0.238. The molecule has 9 nitrogen and oxygen atoms in total. The summed E-state index contributed by atoms with van der Waals surface area (Å²) in [4.78, 5) is 36.0. The minimum atomic E-state index is -0.944. The molecule has 156 valence electrons. The SMILES string of the molecule is CCCOc1ccc(C2NC(=O)NC(c3ccccc3)=C2C(=O)OC)cc1[N+](=O)[O-]. The van der Waals surface area contributed by atoms with Crippen molar-refractivity contribution in [2.45, 2.75) is 19.4 Å². The van der Waals surface area contributed by atoms with Gasteiger partial charge in [-0.3, -0.25) is 10.1 Å². The third-order valence-corrected chi connectivity index (χ3v) is 4.51. The second kappa shape index (κ2) is 9.08. The van der Waals surface area contributed by atoms with Gasteiger partial charge in [-0.2, -0.15) is 0 Å². The van der Waals surface area contributed by atoms with Gasteiger partial charge in [0.15, 0.2) is 5.75 Å². The smallest absolute Gasteiger partial charge is 0.338 e. The van der Waals surface area contributed by atoms with Crippen LogP contribution in [0.25, 0.3) is 5.70 Å². The first kappa shape index (κ1) is 20.8. The van der Waals surface area contributed by atoms with Gasteiger partial charge in [0.1, 0.15) is 0 Å². The van der Waals surface area contributed by atoms with Crippen molar-refractivity contribution in [3.8, 4) is 5.75 Å². The summed E-state index contributed by atoms with van der Waals surface area (Å²) in [7, 11) is 1.23. The molecule has 1 heterocycles. The lowest BCUT2D eigenvalue weighted by Gasteiger charge is -2.29. The molecule has 1 aliphatic rings. The molecule has 2 amide bonds. The highest BCUT2D eigenvalue weighted by molar-refractivity contribution is 6.04. The number of rotatable bonds is 7. The van der Waals surface area contributed by atoms with E-state index in [1.165, 1.54) is 19.2 Å². The predicted molar refractivity (Wildman–Crippen MR) is 109 cm³/mol. The minimum absolute atomic E-state index is 0.123. The van der Waals surface area contributed by atoms with Gasteiger partial charge in [-0.25, -0.2) is 9.59 Å². The van der Waals surface area contributed by atoms with E-state index in [0.717, 1.165) is 0 Å². The van der Waals surface area contributed by atoms with E-state index >= 15 is 0 Å². The van der Waals surface area contributed by atoms with E-state index in [1.807, 2.05) is 6.92 Å². The molecule has 1 unspecified atom stereocenters. The van der Waals surface area contributed by atoms with Crippen molar-refractivity contribution in [3.63, 3.8) is 0 Å². The van der Waals surface area contributed by atoms with E-state index in [0.29, 0.717) is 24.2 Å². The van der Waals surface area contributed by atoms with Crippen molar-refractivity contribution in [3.05, 3.63) is 75.3 Å². The zero-order chi connectivity index (χ0) is 21.7. The van der Waals surface area contributed by atoms with Crippen LogP contribution in [0.5, 0.6) is 5.75 Å². The van der Waals surface area contributed by atoms with Gasteiger partial charge >= 0.3 is 17.7 Å². The predicted octanol–water partition coefficient (Wildman–Crippen LogP) is 3.32. The number of methoxy groups -OCH3 is 1. The van der Waals surface area contributed by atoms with Gasteiger partial charge in [0.25, 0.3) is 0 Å². The fourth-order valence-corrected chi connectivity index (χ4v) is 3.17. The van der Waals surface area contributed by atoms with Gasteiger partial charge in [-0.05, 0) is 23.6 Å². The van der Waals surface area contributed by atoms with Crippen LogP contribution in [0.15, 0.2) is 54.1 Å². The molecular formula is C21H21N3O6. The third kappa shape index (κ3) is 4.24. The Kier molecular flexibility index (Phi) is 6.31. The lowest BCUT2D eigenvalue weighted by atomic mass is 9.92. The van der Waals surface area contributed by atoms with E-state index in [4.69, 9.17) is 9.47 Å². The topological polar surface area (TPSA) is 120 Å². The summed E-state index contributed by atoms with van der Waals surface area (Å²) in [6.45, 7) is 2.22. The normalized spacial score (nSPS) is 15.8. The van der Waals surface area contributed by atoms with E-state index in [2.05, 4.69) is 10.6 Å². The molecule has 2 aromatic rings. The first-order chi connectivity index (χ1) is 14.5. The van der Waals surface area contributed by atoms with Crippen LogP contribution in [0, 0.1) is 10.1 Å². The van der Waals surface area contributed by atoms with E-state index < -0.39 is 23.0 Å². The summed E-state index contributed by atoms with van der Waals surface area (Å²) in [6, 6.07) is 11.7. The summed E-state index contributed by atoms with van der Waals surface area (Å²) >= 11 is 0. The standard InChI is InChI=1S/C21H21N3O6/c1-3-11-30-16-10-9-14(12-15(16)24(27)28)19-17(20(25)29-2)18(22-21(26)23-19)13-7-5-4-6-8-13/h4-10,12,19H,3,11H2,1-2H3,(H2,22,23,26). The Morgan fingerprint density at radius 3 is 2.57 bits per heavy atom. The number of benzene rings is 2. The van der Waals surface area contributed by atoms with Crippen LogP contribution < -0.4 is 15.4 Å². The molecule has 9 heteroatoms. The maximum absolute atomic E-state index is 12.6. The quantitative estimate of drug-likeness (QED) is 0.410. The zero-order valence-corrected chi connectivity index (χ0v) is 16.5. The molecule has 0 saturated heterocycles. The molecule has 3 rings (SSSR count). The van der Waals surface area contributed by atoms with Crippen LogP contribution >= 0.6 is 0 Å². The first-order valence-electron chi connectivity index (χ1n) is 9.32. The summed E-state index contributed by atoms with van der Waals surface area (Å²) in [5.41, 5.74) is 1.13. The fourth-order valence-electron chi connectivity index (χ4n) is 3.17. The third-order valence-electron chi connectivity index (χ3n) is 4.51. The van der Waals surface area contributed by atoms with Gasteiger partial charge < -0.3 is 20.1 Å². The van der Waals surface area contributed by atoms with Crippen molar-refractivity contribution < 1.29 is 24.0 Å². The number of nitro benzene ring substituents is 1. The number of ether oxygens (including phenoxy) is 2. The number of carbonyl (C=O) groups excluding carboxylic acids is 2. The van der Waals surface area contributed by atoms with Crippen molar-refractivity contribution in [1.82, 2.24) is 10.6 Å². The van der Waals surface area contributed by atoms with Gasteiger partial charge in [0.2, 0.25) is 0 Å². The van der Waals surface area contributed by atoms with E-state index in [9.17, 15) is 19.7 Å². The summed E-state index contributed by atoms with van der Waals surface area (Å²) in [5.74, 6) is -0.543. The molecule has 0 saturated carbocycles. The zero-order valence-electron chi connectivity index (χ0n) is 16.5. The van der Waals surface area contributed by atoms with Crippen LogP contribution in [-0.4, -0.2) is 30.6 Å². The summed E-state index contributed by atoms with van der Waals surface area (Å²) in [6.07, 6.45) is 0.693. The van der Waals surface area contributed by atoms with E-state index in [-0.39, 0.29) is 22.7 Å². The molecule has 1 aliphatic heterocycles. The largest absolute Gasteiger partial charge is 0.487 e. The van der Waals surface area contributed by atoms with E-state index in [1.54, 1.807) is 36.4 Å². The molecule has 2 aromatic carbocycles. The van der Waals surface area contributed by atoms with Crippen LogP contribution in [0.4, 0.5) is 10.5 Å². The first-order valence-corrected chi connectivity index (χ1v) is 9.32. The van der Waals surface area contributed by atoms with Gasteiger partial charge in [0, 0.05) is 6.07 Å². The lowest BCUT2D eigenvalue weighted by Crippen LogP contribution is -2.45. The van der Waals surface area contributed by atoms with Crippen molar-refractivity contribution in [2.24, 2.45) is 0 Å². The molecule has 0 aliphatic carbocycles. The molecule has 0 spiro atoms. The number of nitro groups is 1. The number of nitrogens with zero attached hydrogens (tertiary/aromatic N) is 1. The molecular weight excluding hydrogens is 390 g/mol. The van der Waals surface area contributed by atoms with Crippen LogP contribution in [0.1, 0.15) is 30.5 Å². The minimum Gasteiger partial charge on any atom is -0.487 e. The van der Waals surface area contributed by atoms with Crippen LogP contribution in [0.2, 0.25) is 0 Å². The number of nitrogens with one attached hydrogen (secondary N) is 2. The average molecular weight is 411 g/mol. The van der Waals surface area contributed by atoms with Crippen molar-refractivity contribution in [2.75, 3.05) is 13.7 Å². The number of esters is 1.